The molecule has 1 atom stereocenters. The molecule has 31 heavy (non-hydrogen) atoms. The Morgan fingerprint density at radius 1 is 0.968 bits per heavy atom. The fourth-order valence-corrected chi connectivity index (χ4v) is 3.73. The van der Waals surface area contributed by atoms with E-state index in [4.69, 9.17) is 4.74 Å². The number of amides is 2. The lowest BCUT2D eigenvalue weighted by atomic mass is 10.0. The minimum atomic E-state index is -0.612. The maximum Gasteiger partial charge on any atom is 0.309 e. The second-order valence-electron chi connectivity index (χ2n) is 8.19. The van der Waals surface area contributed by atoms with Gasteiger partial charge in [-0.25, -0.2) is 0 Å². The molecule has 1 heterocycles. The van der Waals surface area contributed by atoms with Crippen LogP contribution in [0.1, 0.15) is 22.7 Å². The predicted octanol–water partition coefficient (Wildman–Crippen LogP) is 0.450. The fourth-order valence-electron chi connectivity index (χ4n) is 3.73. The van der Waals surface area contributed by atoms with Crippen LogP contribution < -0.4 is 20.4 Å². The van der Waals surface area contributed by atoms with Crippen LogP contribution in [-0.4, -0.2) is 58.8 Å². The highest BCUT2D eigenvalue weighted by molar-refractivity contribution is 6.35. The fraction of sp³-hybridized carbons (Fsp3) is 0.417. The average molecular weight is 426 g/mol. The highest BCUT2D eigenvalue weighted by atomic mass is 16.5. The van der Waals surface area contributed by atoms with Gasteiger partial charge in [-0.05, 0) is 24.6 Å². The lowest BCUT2D eigenvalue weighted by molar-refractivity contribution is -0.937. The lowest BCUT2D eigenvalue weighted by Gasteiger charge is -2.32. The van der Waals surface area contributed by atoms with Crippen LogP contribution in [0.4, 0.5) is 5.69 Å². The molecule has 0 aromatic heterocycles. The average Bonchev–Trinajstić information content (AvgIpc) is 2.79. The van der Waals surface area contributed by atoms with E-state index in [2.05, 4.69) is 39.8 Å². The molecule has 1 saturated heterocycles. The molecule has 0 bridgehead atoms. The van der Waals surface area contributed by atoms with Gasteiger partial charge in [-0.1, -0.05) is 42.0 Å². The van der Waals surface area contributed by atoms with E-state index in [1.165, 1.54) is 4.90 Å². The number of ether oxygens (including phenoxy) is 1. The van der Waals surface area contributed by atoms with Gasteiger partial charge in [0.1, 0.15) is 19.1 Å². The van der Waals surface area contributed by atoms with E-state index in [0.717, 1.165) is 35.5 Å². The molecular formula is C24H33N4O3+. The largest absolute Gasteiger partial charge is 0.378 e. The van der Waals surface area contributed by atoms with Gasteiger partial charge >= 0.3 is 11.8 Å². The van der Waals surface area contributed by atoms with Gasteiger partial charge in [-0.2, -0.15) is 0 Å². The summed E-state index contributed by atoms with van der Waals surface area (Å²) in [5.74, 6) is -1.21. The molecule has 7 heteroatoms. The Morgan fingerprint density at radius 3 is 2.19 bits per heavy atom. The smallest absolute Gasteiger partial charge is 0.309 e. The van der Waals surface area contributed by atoms with Crippen molar-refractivity contribution in [1.29, 1.82) is 0 Å². The molecule has 0 unspecified atom stereocenters. The third-order valence-electron chi connectivity index (χ3n) is 5.69. The maximum absolute atomic E-state index is 12.4. The normalized spacial score (nSPS) is 15.2. The molecule has 1 fully saturated rings. The first-order chi connectivity index (χ1) is 14.9. The number of morpholine rings is 1. The van der Waals surface area contributed by atoms with E-state index < -0.39 is 11.8 Å². The number of benzene rings is 2. The van der Waals surface area contributed by atoms with E-state index in [0.29, 0.717) is 26.3 Å². The maximum atomic E-state index is 12.4. The third-order valence-corrected chi connectivity index (χ3v) is 5.69. The van der Waals surface area contributed by atoms with E-state index in [-0.39, 0.29) is 6.04 Å². The van der Waals surface area contributed by atoms with Crippen molar-refractivity contribution in [2.24, 2.45) is 0 Å². The van der Waals surface area contributed by atoms with Crippen LogP contribution in [0.15, 0.2) is 48.5 Å². The second kappa shape index (κ2) is 10.9. The van der Waals surface area contributed by atoms with Crippen LogP contribution in [0, 0.1) is 6.92 Å². The first kappa shape index (κ1) is 22.8. The SMILES string of the molecule is Cc1ccc(CNC(=O)C(=O)NC[C@@H](c2ccc(N(C)C)cc2)[NH+]2CCOCC2)cc1. The van der Waals surface area contributed by atoms with Crippen molar-refractivity contribution < 1.29 is 19.2 Å². The van der Waals surface area contributed by atoms with Gasteiger partial charge in [0.2, 0.25) is 0 Å². The van der Waals surface area contributed by atoms with Crippen molar-refractivity contribution in [1.82, 2.24) is 10.6 Å². The summed E-state index contributed by atoms with van der Waals surface area (Å²) in [6, 6.07) is 16.3. The van der Waals surface area contributed by atoms with Crippen LogP contribution in [0.25, 0.3) is 0 Å². The Bertz CT molecular complexity index is 859. The van der Waals surface area contributed by atoms with E-state index in [1.54, 1.807) is 0 Å². The first-order valence-corrected chi connectivity index (χ1v) is 10.7. The summed E-state index contributed by atoms with van der Waals surface area (Å²) in [5.41, 5.74) is 4.38. The van der Waals surface area contributed by atoms with Gasteiger partial charge in [-0.15, -0.1) is 0 Å². The highest BCUT2D eigenvalue weighted by Crippen LogP contribution is 2.16. The summed E-state index contributed by atoms with van der Waals surface area (Å²) in [4.78, 5) is 28.1. The van der Waals surface area contributed by atoms with E-state index >= 15 is 0 Å². The van der Waals surface area contributed by atoms with Crippen molar-refractivity contribution in [3.05, 3.63) is 65.2 Å². The van der Waals surface area contributed by atoms with Crippen molar-refractivity contribution in [3.63, 3.8) is 0 Å². The molecule has 0 saturated carbocycles. The molecule has 0 aliphatic carbocycles. The van der Waals surface area contributed by atoms with Gasteiger partial charge in [-0.3, -0.25) is 9.59 Å². The molecule has 166 valence electrons. The number of carbonyl (C=O) groups is 2. The van der Waals surface area contributed by atoms with Gasteiger partial charge in [0.15, 0.2) is 0 Å². The highest BCUT2D eigenvalue weighted by Gasteiger charge is 2.27. The van der Waals surface area contributed by atoms with Crippen LogP contribution in [0.3, 0.4) is 0 Å². The van der Waals surface area contributed by atoms with Gasteiger partial charge < -0.3 is 25.2 Å². The summed E-state index contributed by atoms with van der Waals surface area (Å²) < 4.78 is 5.50. The van der Waals surface area contributed by atoms with Gasteiger partial charge in [0.25, 0.3) is 0 Å². The molecule has 3 rings (SSSR count). The molecule has 2 aromatic carbocycles. The molecule has 2 amide bonds. The topological polar surface area (TPSA) is 75.1 Å². The number of anilines is 1. The van der Waals surface area contributed by atoms with Crippen molar-refractivity contribution in [3.8, 4) is 0 Å². The van der Waals surface area contributed by atoms with Crippen LogP contribution in [0.2, 0.25) is 0 Å². The second-order valence-corrected chi connectivity index (χ2v) is 8.19. The number of hydrogen-bond acceptors (Lipinski definition) is 4. The number of nitrogens with one attached hydrogen (secondary N) is 3. The number of quaternary nitrogens is 1. The number of rotatable bonds is 7. The number of nitrogens with zero attached hydrogens (tertiary/aromatic N) is 1. The molecule has 7 nitrogen and oxygen atoms in total. The summed E-state index contributed by atoms with van der Waals surface area (Å²) in [7, 11) is 4.02. The third kappa shape index (κ3) is 6.54. The minimum Gasteiger partial charge on any atom is -0.378 e. The molecular weight excluding hydrogens is 392 g/mol. The summed E-state index contributed by atoms with van der Waals surface area (Å²) >= 11 is 0. The predicted molar refractivity (Wildman–Crippen MR) is 121 cm³/mol. The Kier molecular flexibility index (Phi) is 8.03. The quantitative estimate of drug-likeness (QED) is 0.563. The Labute approximate surface area is 184 Å². The Morgan fingerprint density at radius 2 is 1.58 bits per heavy atom. The molecule has 3 N–H and O–H groups in total. The van der Waals surface area contributed by atoms with Crippen LogP contribution in [-0.2, 0) is 20.9 Å². The van der Waals surface area contributed by atoms with Crippen molar-refractivity contribution >= 4 is 17.5 Å². The zero-order chi connectivity index (χ0) is 22.2. The minimum absolute atomic E-state index is 0.0639. The zero-order valence-corrected chi connectivity index (χ0v) is 18.6. The van der Waals surface area contributed by atoms with E-state index in [9.17, 15) is 9.59 Å². The van der Waals surface area contributed by atoms with Crippen LogP contribution >= 0.6 is 0 Å². The molecule has 0 spiro atoms. The summed E-state index contributed by atoms with van der Waals surface area (Å²) in [6.45, 7) is 5.88. The summed E-state index contributed by atoms with van der Waals surface area (Å²) in [5, 5.41) is 5.54. The lowest BCUT2D eigenvalue weighted by Crippen LogP contribution is -3.15. The molecule has 2 aromatic rings. The van der Waals surface area contributed by atoms with Gasteiger partial charge in [0.05, 0.1) is 19.8 Å². The van der Waals surface area contributed by atoms with Crippen molar-refractivity contribution in [2.45, 2.75) is 19.5 Å². The molecule has 1 aliphatic rings. The standard InChI is InChI=1S/C24H32N4O3/c1-18-4-6-19(7-5-18)16-25-23(29)24(30)26-17-22(28-12-14-31-15-13-28)20-8-10-21(11-9-20)27(2)3/h4-11,22H,12-17H2,1-3H3,(H,25,29)(H,26,30)/p+1/t22-/m0/s1. The number of aryl methyl sites for hydroxylation is 1. The monoisotopic (exact) mass is 425 g/mol. The molecule has 0 radical (unpaired) electrons. The first-order valence-electron chi connectivity index (χ1n) is 10.7. The molecule has 1 aliphatic heterocycles. The van der Waals surface area contributed by atoms with E-state index in [1.807, 2.05) is 45.3 Å². The van der Waals surface area contributed by atoms with Crippen molar-refractivity contribution in [2.75, 3.05) is 51.8 Å². The summed E-state index contributed by atoms with van der Waals surface area (Å²) in [6.07, 6.45) is 0. The zero-order valence-electron chi connectivity index (χ0n) is 18.6. The van der Waals surface area contributed by atoms with Crippen LogP contribution in [0.5, 0.6) is 0 Å². The Balaban J connectivity index is 1.60. The number of hydrogen-bond donors (Lipinski definition) is 3. The van der Waals surface area contributed by atoms with Gasteiger partial charge in [0, 0.05) is 31.9 Å². The Hall–Kier alpha value is -2.90. The number of carbonyl (C=O) groups excluding carboxylic acids is 2.